The summed E-state index contributed by atoms with van der Waals surface area (Å²) in [4.78, 5) is 9.01. The number of piperazine rings is 1. The third-order valence-corrected chi connectivity index (χ3v) is 5.80. The molecular weight excluding hydrogens is 418 g/mol. The highest BCUT2D eigenvalue weighted by Gasteiger charge is 2.29. The minimum atomic E-state index is -0.674. The maximum Gasteiger partial charge on any atom is 0.246 e. The molecule has 2 fully saturated rings. The number of rotatable bonds is 6. The van der Waals surface area contributed by atoms with Crippen LogP contribution in [-0.2, 0) is 4.74 Å². The summed E-state index contributed by atoms with van der Waals surface area (Å²) in [6.07, 6.45) is 1.40. The largest absolute Gasteiger partial charge is 0.497 e. The lowest BCUT2D eigenvalue weighted by Gasteiger charge is -2.43. The van der Waals surface area contributed by atoms with Crippen molar-refractivity contribution >= 4 is 17.3 Å². The van der Waals surface area contributed by atoms with Gasteiger partial charge in [-0.15, -0.1) is 5.10 Å². The van der Waals surface area contributed by atoms with Gasteiger partial charge in [0.1, 0.15) is 23.7 Å². The van der Waals surface area contributed by atoms with Gasteiger partial charge in [-0.25, -0.2) is 13.5 Å². The molecule has 168 valence electrons. The Kier molecular flexibility index (Phi) is 5.62. The predicted molar refractivity (Wildman–Crippen MR) is 116 cm³/mol. The third kappa shape index (κ3) is 4.37. The van der Waals surface area contributed by atoms with E-state index in [0.29, 0.717) is 17.7 Å². The number of nitrogens with zero attached hydrogens (tertiary/aromatic N) is 5. The summed E-state index contributed by atoms with van der Waals surface area (Å²) < 4.78 is 39.2. The molecule has 0 atom stereocenters. The Labute approximate surface area is 184 Å². The van der Waals surface area contributed by atoms with E-state index < -0.39 is 11.6 Å². The van der Waals surface area contributed by atoms with Crippen LogP contribution in [0.1, 0.15) is 0 Å². The van der Waals surface area contributed by atoms with Crippen molar-refractivity contribution in [3.8, 4) is 11.4 Å². The molecule has 8 nitrogen and oxygen atoms in total. The van der Waals surface area contributed by atoms with Crippen LogP contribution in [0.2, 0.25) is 0 Å². The molecule has 0 amide bonds. The minimum absolute atomic E-state index is 0.254. The van der Waals surface area contributed by atoms with Gasteiger partial charge in [0.15, 0.2) is 0 Å². The quantitative estimate of drug-likeness (QED) is 0.630. The lowest BCUT2D eigenvalue weighted by Crippen LogP contribution is -2.56. The Morgan fingerprint density at radius 2 is 1.72 bits per heavy atom. The van der Waals surface area contributed by atoms with Crippen LogP contribution < -0.4 is 15.0 Å². The van der Waals surface area contributed by atoms with Crippen molar-refractivity contribution in [2.75, 3.05) is 56.7 Å². The van der Waals surface area contributed by atoms with Crippen LogP contribution >= 0.6 is 0 Å². The van der Waals surface area contributed by atoms with Gasteiger partial charge in [0.25, 0.3) is 0 Å². The van der Waals surface area contributed by atoms with Gasteiger partial charge in [0.2, 0.25) is 5.95 Å². The number of benzene rings is 2. The first-order chi connectivity index (χ1) is 15.6. The second-order valence-corrected chi connectivity index (χ2v) is 7.90. The smallest absolute Gasteiger partial charge is 0.246 e. The highest BCUT2D eigenvalue weighted by Crippen LogP contribution is 2.29. The van der Waals surface area contributed by atoms with E-state index in [2.05, 4.69) is 25.2 Å². The topological polar surface area (TPSA) is 67.7 Å². The summed E-state index contributed by atoms with van der Waals surface area (Å²) in [7, 11) is 1.63. The Balaban J connectivity index is 1.31. The van der Waals surface area contributed by atoms with Crippen molar-refractivity contribution in [1.29, 1.82) is 0 Å². The number of hydrogen-bond acceptors (Lipinski definition) is 7. The maximum atomic E-state index is 13.5. The molecule has 3 heterocycles. The zero-order valence-electron chi connectivity index (χ0n) is 17.7. The molecule has 10 heteroatoms. The fraction of sp³-hybridized carbons (Fsp3) is 0.364. The van der Waals surface area contributed by atoms with E-state index >= 15 is 0 Å². The molecule has 0 unspecified atom stereocenters. The summed E-state index contributed by atoms with van der Waals surface area (Å²) >= 11 is 0. The zero-order valence-corrected chi connectivity index (χ0v) is 17.7. The Hall–Kier alpha value is -3.24. The van der Waals surface area contributed by atoms with Crippen molar-refractivity contribution in [3.05, 3.63) is 54.4 Å². The minimum Gasteiger partial charge on any atom is -0.497 e. The van der Waals surface area contributed by atoms with Gasteiger partial charge in [-0.1, -0.05) is 0 Å². The first kappa shape index (κ1) is 20.7. The molecule has 1 N–H and O–H groups in total. The molecule has 0 saturated carbocycles. The van der Waals surface area contributed by atoms with Crippen LogP contribution in [0.3, 0.4) is 0 Å². The first-order valence-electron chi connectivity index (χ1n) is 10.5. The number of methoxy groups -OCH3 is 1. The lowest BCUT2D eigenvalue weighted by atomic mass is 10.1. The van der Waals surface area contributed by atoms with Crippen LogP contribution in [0.15, 0.2) is 42.7 Å². The average Bonchev–Trinajstić information content (AvgIpc) is 3.20. The molecule has 5 rings (SSSR count). The molecule has 0 spiro atoms. The molecule has 0 radical (unpaired) electrons. The number of halogens is 2. The third-order valence-electron chi connectivity index (χ3n) is 5.80. The first-order valence-corrected chi connectivity index (χ1v) is 10.5. The van der Waals surface area contributed by atoms with Gasteiger partial charge >= 0.3 is 0 Å². The Morgan fingerprint density at radius 1 is 0.969 bits per heavy atom. The molecular formula is C22H24F2N6O2. The number of aromatic nitrogens is 3. The van der Waals surface area contributed by atoms with Gasteiger partial charge in [-0.3, -0.25) is 4.90 Å². The highest BCUT2D eigenvalue weighted by atomic mass is 19.1. The predicted octanol–water partition coefficient (Wildman–Crippen LogP) is 2.82. The molecule has 2 aliphatic rings. The molecule has 0 aliphatic carbocycles. The molecule has 2 saturated heterocycles. The van der Waals surface area contributed by atoms with Crippen molar-refractivity contribution < 1.29 is 18.3 Å². The Morgan fingerprint density at radius 3 is 2.38 bits per heavy atom. The van der Waals surface area contributed by atoms with E-state index in [9.17, 15) is 8.78 Å². The van der Waals surface area contributed by atoms with Gasteiger partial charge in [0.05, 0.1) is 32.1 Å². The molecule has 1 aromatic heterocycles. The fourth-order valence-corrected chi connectivity index (χ4v) is 3.98. The molecule has 3 aromatic rings. The SMILES string of the molecule is COc1cc(Nc2ncn(-c3cc(F)cc(F)c3)n2)cc(N2CCN(C3COC3)CC2)c1. The van der Waals surface area contributed by atoms with Gasteiger partial charge in [-0.05, 0) is 18.2 Å². The molecule has 32 heavy (non-hydrogen) atoms. The molecule has 0 bridgehead atoms. The van der Waals surface area contributed by atoms with E-state index in [-0.39, 0.29) is 5.69 Å². The summed E-state index contributed by atoms with van der Waals surface area (Å²) in [5.41, 5.74) is 2.06. The number of nitrogens with one attached hydrogen (secondary N) is 1. The van der Waals surface area contributed by atoms with E-state index in [1.54, 1.807) is 7.11 Å². The fourth-order valence-electron chi connectivity index (χ4n) is 3.98. The maximum absolute atomic E-state index is 13.5. The summed E-state index contributed by atoms with van der Waals surface area (Å²) in [5, 5.41) is 7.45. The van der Waals surface area contributed by atoms with Crippen molar-refractivity contribution in [1.82, 2.24) is 19.7 Å². The van der Waals surface area contributed by atoms with Crippen LogP contribution in [0, 0.1) is 11.6 Å². The summed E-state index contributed by atoms with van der Waals surface area (Å²) in [6, 6.07) is 9.64. The summed E-state index contributed by atoms with van der Waals surface area (Å²) in [6.45, 7) is 5.47. The van der Waals surface area contributed by atoms with Gasteiger partial charge in [0, 0.05) is 55.8 Å². The van der Waals surface area contributed by atoms with E-state index in [4.69, 9.17) is 9.47 Å². The second-order valence-electron chi connectivity index (χ2n) is 7.90. The molecule has 2 aromatic carbocycles. The van der Waals surface area contributed by atoms with Crippen molar-refractivity contribution in [3.63, 3.8) is 0 Å². The van der Waals surface area contributed by atoms with Gasteiger partial charge < -0.3 is 19.7 Å². The van der Waals surface area contributed by atoms with Crippen LogP contribution in [0.4, 0.5) is 26.1 Å². The summed E-state index contributed by atoms with van der Waals surface area (Å²) in [5.74, 6) is -0.324. The monoisotopic (exact) mass is 442 g/mol. The van der Waals surface area contributed by atoms with Crippen LogP contribution in [0.25, 0.3) is 5.69 Å². The van der Waals surface area contributed by atoms with Crippen LogP contribution in [0.5, 0.6) is 5.75 Å². The Bertz CT molecular complexity index is 1080. The van der Waals surface area contributed by atoms with E-state index in [1.807, 2.05) is 18.2 Å². The zero-order chi connectivity index (χ0) is 22.1. The van der Waals surface area contributed by atoms with Gasteiger partial charge in [-0.2, -0.15) is 4.98 Å². The van der Waals surface area contributed by atoms with Crippen molar-refractivity contribution in [2.45, 2.75) is 6.04 Å². The van der Waals surface area contributed by atoms with Crippen molar-refractivity contribution in [2.24, 2.45) is 0 Å². The van der Waals surface area contributed by atoms with Crippen LogP contribution in [-0.4, -0.2) is 72.2 Å². The second kappa shape index (κ2) is 8.71. The average molecular weight is 442 g/mol. The van der Waals surface area contributed by atoms with E-state index in [1.165, 1.54) is 23.1 Å². The van der Waals surface area contributed by atoms with E-state index in [0.717, 1.165) is 56.8 Å². The standard InChI is InChI=1S/C22H24F2N6O2/c1-31-21-10-17(9-18(11-21)28-2-4-29(5-3-28)20-12-32-13-20)26-22-25-14-30(27-22)19-7-15(23)6-16(24)8-19/h6-11,14,20H,2-5,12-13H2,1H3,(H,26,27). The normalized spacial score (nSPS) is 17.3. The molecule has 2 aliphatic heterocycles. The number of ether oxygens (including phenoxy) is 2. The highest BCUT2D eigenvalue weighted by molar-refractivity contribution is 5.66. The number of anilines is 3. The number of hydrogen-bond donors (Lipinski definition) is 1. The lowest BCUT2D eigenvalue weighted by molar-refractivity contribution is -0.0660.